The second-order valence-corrected chi connectivity index (χ2v) is 6.32. The first-order valence-corrected chi connectivity index (χ1v) is 7.51. The Morgan fingerprint density at radius 3 is 2.59 bits per heavy atom. The molecule has 1 aromatic heterocycles. The highest BCUT2D eigenvalue weighted by atomic mass is 35.7. The molecular formula is C10H8Cl2N2O2S. The molecular weight excluding hydrogens is 283 g/mol. The zero-order valence-electron chi connectivity index (χ0n) is 8.81. The third kappa shape index (κ3) is 2.51. The number of benzene rings is 1. The number of nitrogens with zero attached hydrogens (tertiary/aromatic N) is 2. The smallest absolute Gasteiger partial charge is 0.233 e. The van der Waals surface area contributed by atoms with Crippen LogP contribution in [0.1, 0.15) is 12.7 Å². The van der Waals surface area contributed by atoms with Crippen LogP contribution < -0.4 is 0 Å². The minimum Gasteiger partial charge on any atom is -0.233 e. The van der Waals surface area contributed by atoms with Crippen LogP contribution in [0.2, 0.25) is 5.15 Å². The van der Waals surface area contributed by atoms with E-state index in [1.165, 1.54) is 12.1 Å². The van der Waals surface area contributed by atoms with Crippen molar-refractivity contribution >= 4 is 42.2 Å². The molecule has 90 valence electrons. The Balaban J connectivity index is 2.75. The summed E-state index contributed by atoms with van der Waals surface area (Å²) in [4.78, 5) is 8.29. The Morgan fingerprint density at radius 2 is 2.00 bits per heavy atom. The van der Waals surface area contributed by atoms with Gasteiger partial charge in [0.2, 0.25) is 0 Å². The molecule has 0 saturated carbocycles. The van der Waals surface area contributed by atoms with Gasteiger partial charge < -0.3 is 0 Å². The fourth-order valence-electron chi connectivity index (χ4n) is 1.43. The molecule has 7 heteroatoms. The third-order valence-corrected chi connectivity index (χ3v) is 3.90. The summed E-state index contributed by atoms with van der Waals surface area (Å²) >= 11 is 5.97. The van der Waals surface area contributed by atoms with Gasteiger partial charge in [0.15, 0.2) is 0 Å². The molecule has 0 aliphatic heterocycles. The Labute approximate surface area is 108 Å². The monoisotopic (exact) mass is 290 g/mol. The second-order valence-electron chi connectivity index (χ2n) is 3.40. The van der Waals surface area contributed by atoms with Gasteiger partial charge in [0, 0.05) is 22.5 Å². The number of hydrogen-bond acceptors (Lipinski definition) is 4. The SMILES string of the molecule is CCc1nc(Cl)c2cc(S(=O)(=O)Cl)ccc2n1. The lowest BCUT2D eigenvalue weighted by atomic mass is 10.2. The van der Waals surface area contributed by atoms with Gasteiger partial charge in [0.1, 0.15) is 11.0 Å². The van der Waals surface area contributed by atoms with Gasteiger partial charge in [0.05, 0.1) is 10.4 Å². The summed E-state index contributed by atoms with van der Waals surface area (Å²) < 4.78 is 22.4. The van der Waals surface area contributed by atoms with Crippen LogP contribution in [0, 0.1) is 0 Å². The highest BCUT2D eigenvalue weighted by molar-refractivity contribution is 8.13. The average Bonchev–Trinajstić information content (AvgIpc) is 2.27. The Bertz CT molecular complexity index is 686. The number of hydrogen-bond donors (Lipinski definition) is 0. The third-order valence-electron chi connectivity index (χ3n) is 2.26. The van der Waals surface area contributed by atoms with Crippen molar-refractivity contribution in [2.45, 2.75) is 18.2 Å². The molecule has 0 spiro atoms. The molecule has 2 rings (SSSR count). The first-order chi connectivity index (χ1) is 7.91. The van der Waals surface area contributed by atoms with Gasteiger partial charge in [-0.25, -0.2) is 18.4 Å². The van der Waals surface area contributed by atoms with Crippen LogP contribution in [-0.4, -0.2) is 18.4 Å². The molecule has 2 aromatic rings. The quantitative estimate of drug-likeness (QED) is 0.630. The fraction of sp³-hybridized carbons (Fsp3) is 0.200. The van der Waals surface area contributed by atoms with Crippen molar-refractivity contribution in [3.8, 4) is 0 Å². The van der Waals surface area contributed by atoms with Gasteiger partial charge in [0.25, 0.3) is 9.05 Å². The summed E-state index contributed by atoms with van der Waals surface area (Å²) in [5.41, 5.74) is 0.603. The van der Waals surface area contributed by atoms with Crippen LogP contribution in [0.15, 0.2) is 23.1 Å². The molecule has 1 heterocycles. The molecule has 0 radical (unpaired) electrons. The number of fused-ring (bicyclic) bond motifs is 1. The van der Waals surface area contributed by atoms with Gasteiger partial charge in [-0.15, -0.1) is 0 Å². The van der Waals surface area contributed by atoms with Crippen LogP contribution in [0.5, 0.6) is 0 Å². The van der Waals surface area contributed by atoms with E-state index in [4.69, 9.17) is 22.3 Å². The summed E-state index contributed by atoms with van der Waals surface area (Å²) in [6.07, 6.45) is 0.658. The zero-order valence-corrected chi connectivity index (χ0v) is 11.1. The molecule has 0 fully saturated rings. The Hall–Kier alpha value is -0.910. The van der Waals surface area contributed by atoms with Crippen molar-refractivity contribution in [3.63, 3.8) is 0 Å². The van der Waals surface area contributed by atoms with E-state index in [1.54, 1.807) is 6.07 Å². The van der Waals surface area contributed by atoms with Crippen LogP contribution in [0.25, 0.3) is 10.9 Å². The van der Waals surface area contributed by atoms with Crippen molar-refractivity contribution in [3.05, 3.63) is 29.2 Å². The second kappa shape index (κ2) is 4.40. The summed E-state index contributed by atoms with van der Waals surface area (Å²) in [5, 5.41) is 0.708. The summed E-state index contributed by atoms with van der Waals surface area (Å²) in [5.74, 6) is 0.615. The minimum absolute atomic E-state index is 0.0126. The lowest BCUT2D eigenvalue weighted by Crippen LogP contribution is -1.96. The van der Waals surface area contributed by atoms with Crippen molar-refractivity contribution < 1.29 is 8.42 Å². The maximum Gasteiger partial charge on any atom is 0.261 e. The molecule has 0 bridgehead atoms. The van der Waals surface area contributed by atoms with Crippen LogP contribution >= 0.6 is 22.3 Å². The van der Waals surface area contributed by atoms with Gasteiger partial charge in [-0.2, -0.15) is 0 Å². The van der Waals surface area contributed by atoms with Crippen LogP contribution in [0.3, 0.4) is 0 Å². The highest BCUT2D eigenvalue weighted by Gasteiger charge is 2.13. The summed E-state index contributed by atoms with van der Waals surface area (Å²) in [6.45, 7) is 1.91. The maximum atomic E-state index is 11.2. The van der Waals surface area contributed by atoms with Crippen LogP contribution in [-0.2, 0) is 15.5 Å². The van der Waals surface area contributed by atoms with Gasteiger partial charge in [-0.1, -0.05) is 18.5 Å². The summed E-state index contributed by atoms with van der Waals surface area (Å²) in [7, 11) is 1.49. The first kappa shape index (κ1) is 12.5. The average molecular weight is 291 g/mol. The number of aromatic nitrogens is 2. The maximum absolute atomic E-state index is 11.2. The van der Waals surface area contributed by atoms with E-state index in [2.05, 4.69) is 9.97 Å². The minimum atomic E-state index is -3.77. The Morgan fingerprint density at radius 1 is 1.29 bits per heavy atom. The van der Waals surface area contributed by atoms with Crippen molar-refractivity contribution in [1.29, 1.82) is 0 Å². The Kier molecular flexibility index (Phi) is 3.25. The number of aryl methyl sites for hydroxylation is 1. The lowest BCUT2D eigenvalue weighted by molar-refractivity contribution is 0.609. The van der Waals surface area contributed by atoms with E-state index in [-0.39, 0.29) is 10.0 Å². The van der Waals surface area contributed by atoms with E-state index in [0.717, 1.165) is 0 Å². The highest BCUT2D eigenvalue weighted by Crippen LogP contribution is 2.25. The number of rotatable bonds is 2. The molecule has 0 unspecified atom stereocenters. The largest absolute Gasteiger partial charge is 0.261 e. The predicted molar refractivity (Wildman–Crippen MR) is 67.0 cm³/mol. The normalized spacial score (nSPS) is 11.9. The zero-order chi connectivity index (χ0) is 12.6. The van der Waals surface area contributed by atoms with Crippen molar-refractivity contribution in [2.75, 3.05) is 0 Å². The molecule has 0 aliphatic carbocycles. The molecule has 0 amide bonds. The summed E-state index contributed by atoms with van der Waals surface area (Å²) in [6, 6.07) is 4.34. The predicted octanol–water partition coefficient (Wildman–Crippen LogP) is 2.77. The first-order valence-electron chi connectivity index (χ1n) is 4.82. The van der Waals surface area contributed by atoms with E-state index in [0.29, 0.717) is 23.1 Å². The van der Waals surface area contributed by atoms with Gasteiger partial charge in [-0.3, -0.25) is 0 Å². The molecule has 17 heavy (non-hydrogen) atoms. The molecule has 0 atom stereocenters. The van der Waals surface area contributed by atoms with Gasteiger partial charge >= 0.3 is 0 Å². The van der Waals surface area contributed by atoms with E-state index >= 15 is 0 Å². The van der Waals surface area contributed by atoms with E-state index in [1.807, 2.05) is 6.92 Å². The molecule has 0 saturated heterocycles. The van der Waals surface area contributed by atoms with Crippen LogP contribution in [0.4, 0.5) is 0 Å². The topological polar surface area (TPSA) is 59.9 Å². The molecule has 4 nitrogen and oxygen atoms in total. The van der Waals surface area contributed by atoms with Crippen molar-refractivity contribution in [2.24, 2.45) is 0 Å². The lowest BCUT2D eigenvalue weighted by Gasteiger charge is -2.04. The van der Waals surface area contributed by atoms with E-state index in [9.17, 15) is 8.42 Å². The molecule has 0 N–H and O–H groups in total. The fourth-order valence-corrected chi connectivity index (χ4v) is 2.45. The van der Waals surface area contributed by atoms with Crippen molar-refractivity contribution in [1.82, 2.24) is 9.97 Å². The standard InChI is InChI=1S/C10H8Cl2N2O2S/c1-2-9-13-8-4-3-6(17(12,15)16)5-7(8)10(11)14-9/h3-5H,2H2,1H3. The molecule has 1 aromatic carbocycles. The molecule has 0 aliphatic rings. The number of halogens is 2. The van der Waals surface area contributed by atoms with Gasteiger partial charge in [-0.05, 0) is 18.2 Å². The van der Waals surface area contributed by atoms with E-state index < -0.39 is 9.05 Å².